The number of aromatic nitrogens is 2. The number of carbonyl (C=O) groups is 1. The van der Waals surface area contributed by atoms with Gasteiger partial charge in [0.1, 0.15) is 16.3 Å². The normalized spacial score (nSPS) is 13.8. The molecule has 3 aromatic rings. The third-order valence-electron chi connectivity index (χ3n) is 4.99. The highest BCUT2D eigenvalue weighted by Gasteiger charge is 2.24. The first-order valence-corrected chi connectivity index (χ1v) is 10.5. The Morgan fingerprint density at radius 1 is 1.17 bits per heavy atom. The molecular formula is C20H20N4O4S. The summed E-state index contributed by atoms with van der Waals surface area (Å²) in [6, 6.07) is 14.2. The summed E-state index contributed by atoms with van der Waals surface area (Å²) in [6.45, 7) is 1.17. The summed E-state index contributed by atoms with van der Waals surface area (Å²) >= 11 is 0. The molecule has 2 heterocycles. The van der Waals surface area contributed by atoms with Crippen molar-refractivity contribution in [3.05, 3.63) is 65.4 Å². The molecule has 0 unspecified atom stereocenters. The molecule has 4 rings (SSSR count). The van der Waals surface area contributed by atoms with Crippen LogP contribution in [0, 0.1) is 0 Å². The van der Waals surface area contributed by atoms with Crippen molar-refractivity contribution in [2.75, 3.05) is 13.7 Å². The molecule has 1 aromatic heterocycles. The fourth-order valence-corrected chi connectivity index (χ4v) is 4.20. The minimum Gasteiger partial charge on any atom is -0.495 e. The van der Waals surface area contributed by atoms with Crippen molar-refractivity contribution < 1.29 is 17.9 Å². The summed E-state index contributed by atoms with van der Waals surface area (Å²) < 4.78 is 28.7. The van der Waals surface area contributed by atoms with E-state index in [4.69, 9.17) is 9.88 Å². The number of benzene rings is 2. The molecule has 1 aliphatic heterocycles. The molecule has 0 saturated heterocycles. The maximum Gasteiger partial charge on any atom is 0.272 e. The first-order chi connectivity index (χ1) is 13.9. The Balaban J connectivity index is 1.60. The van der Waals surface area contributed by atoms with Crippen LogP contribution in [0.15, 0.2) is 53.4 Å². The van der Waals surface area contributed by atoms with Gasteiger partial charge in [0.05, 0.1) is 12.8 Å². The number of hydrogen-bond donors (Lipinski definition) is 2. The number of amides is 1. The standard InChI is InChI=1S/C20H20N4O4S/c1-28-18-7-6-14(10-19(18)29(21,26)27)16-11-17(23-22-16)20(25)24-9-8-13-4-2-3-5-15(13)12-24/h2-7,10-11H,8-9,12H2,1H3,(H,22,23)(H2,21,26,27). The van der Waals surface area contributed by atoms with Crippen LogP contribution in [0.2, 0.25) is 0 Å². The van der Waals surface area contributed by atoms with Crippen molar-refractivity contribution in [1.82, 2.24) is 15.1 Å². The number of H-pyrrole nitrogens is 1. The van der Waals surface area contributed by atoms with Crippen molar-refractivity contribution >= 4 is 15.9 Å². The third kappa shape index (κ3) is 3.74. The second-order valence-electron chi connectivity index (χ2n) is 6.82. The van der Waals surface area contributed by atoms with Crippen molar-refractivity contribution in [3.8, 4) is 17.0 Å². The predicted molar refractivity (Wildman–Crippen MR) is 107 cm³/mol. The lowest BCUT2D eigenvalue weighted by Gasteiger charge is -2.28. The van der Waals surface area contributed by atoms with Crippen LogP contribution in [0.25, 0.3) is 11.3 Å². The van der Waals surface area contributed by atoms with Gasteiger partial charge >= 0.3 is 0 Å². The highest BCUT2D eigenvalue weighted by molar-refractivity contribution is 7.89. The minimum absolute atomic E-state index is 0.138. The summed E-state index contributed by atoms with van der Waals surface area (Å²) in [5, 5.41) is 12.2. The van der Waals surface area contributed by atoms with Crippen LogP contribution in [0.5, 0.6) is 5.75 Å². The van der Waals surface area contributed by atoms with E-state index in [2.05, 4.69) is 16.3 Å². The van der Waals surface area contributed by atoms with Gasteiger partial charge in [-0.25, -0.2) is 13.6 Å². The van der Waals surface area contributed by atoms with Crippen molar-refractivity contribution in [2.45, 2.75) is 17.9 Å². The van der Waals surface area contributed by atoms with Gasteiger partial charge in [-0.1, -0.05) is 24.3 Å². The van der Waals surface area contributed by atoms with E-state index >= 15 is 0 Å². The number of carbonyl (C=O) groups excluding carboxylic acids is 1. The average Bonchev–Trinajstić information content (AvgIpc) is 3.22. The Morgan fingerprint density at radius 2 is 1.93 bits per heavy atom. The highest BCUT2D eigenvalue weighted by Crippen LogP contribution is 2.29. The number of rotatable bonds is 4. The maximum atomic E-state index is 12.9. The van der Waals surface area contributed by atoms with E-state index in [0.717, 1.165) is 12.0 Å². The van der Waals surface area contributed by atoms with E-state index in [9.17, 15) is 13.2 Å². The summed E-state index contributed by atoms with van der Waals surface area (Å²) in [5.41, 5.74) is 3.69. The Kier molecular flexibility index (Phi) is 4.85. The van der Waals surface area contributed by atoms with Gasteiger partial charge in [-0.2, -0.15) is 5.10 Å². The van der Waals surface area contributed by atoms with Gasteiger partial charge in [0.2, 0.25) is 10.0 Å². The second kappa shape index (κ2) is 7.34. The molecule has 8 nitrogen and oxygen atoms in total. The number of sulfonamides is 1. The van der Waals surface area contributed by atoms with Gasteiger partial charge in [-0.3, -0.25) is 9.89 Å². The quantitative estimate of drug-likeness (QED) is 0.679. The van der Waals surface area contributed by atoms with E-state index in [-0.39, 0.29) is 16.6 Å². The summed E-state index contributed by atoms with van der Waals surface area (Å²) in [5.74, 6) is -0.00602. The molecule has 2 aromatic carbocycles. The molecule has 0 aliphatic carbocycles. The molecule has 1 amide bonds. The van der Waals surface area contributed by atoms with Gasteiger partial charge in [-0.05, 0) is 41.8 Å². The number of aromatic amines is 1. The zero-order chi connectivity index (χ0) is 20.6. The lowest BCUT2D eigenvalue weighted by Crippen LogP contribution is -2.36. The van der Waals surface area contributed by atoms with Gasteiger partial charge in [0.15, 0.2) is 0 Å². The molecule has 29 heavy (non-hydrogen) atoms. The maximum absolute atomic E-state index is 12.9. The largest absolute Gasteiger partial charge is 0.495 e. The lowest BCUT2D eigenvalue weighted by molar-refractivity contribution is 0.0728. The number of ether oxygens (including phenoxy) is 1. The topological polar surface area (TPSA) is 118 Å². The number of nitrogens with two attached hydrogens (primary N) is 1. The average molecular weight is 412 g/mol. The molecule has 0 spiro atoms. The number of hydrogen-bond acceptors (Lipinski definition) is 5. The van der Waals surface area contributed by atoms with Crippen LogP contribution < -0.4 is 9.88 Å². The lowest BCUT2D eigenvalue weighted by atomic mass is 10.00. The molecule has 0 fully saturated rings. The molecule has 0 bridgehead atoms. The monoisotopic (exact) mass is 412 g/mol. The Morgan fingerprint density at radius 3 is 2.66 bits per heavy atom. The summed E-state index contributed by atoms with van der Waals surface area (Å²) in [6.07, 6.45) is 0.805. The summed E-state index contributed by atoms with van der Waals surface area (Å²) in [4.78, 5) is 14.5. The van der Waals surface area contributed by atoms with Crippen LogP contribution in [-0.2, 0) is 23.0 Å². The molecule has 0 atom stereocenters. The van der Waals surface area contributed by atoms with Crippen LogP contribution in [0.4, 0.5) is 0 Å². The van der Waals surface area contributed by atoms with Gasteiger partial charge in [-0.15, -0.1) is 0 Å². The Hall–Kier alpha value is -3.17. The molecule has 3 N–H and O–H groups in total. The van der Waals surface area contributed by atoms with Crippen LogP contribution in [0.1, 0.15) is 21.6 Å². The van der Waals surface area contributed by atoms with E-state index in [0.29, 0.717) is 30.0 Å². The van der Waals surface area contributed by atoms with Crippen molar-refractivity contribution in [2.24, 2.45) is 5.14 Å². The first kappa shape index (κ1) is 19.2. The van der Waals surface area contributed by atoms with Crippen LogP contribution >= 0.6 is 0 Å². The van der Waals surface area contributed by atoms with Crippen molar-refractivity contribution in [1.29, 1.82) is 0 Å². The van der Waals surface area contributed by atoms with Gasteiger partial charge in [0.25, 0.3) is 5.91 Å². The fourth-order valence-electron chi connectivity index (χ4n) is 3.48. The SMILES string of the molecule is COc1ccc(-c2cc(C(=O)N3CCc4ccccc4C3)[nH]n2)cc1S(N)(=O)=O. The molecule has 0 saturated carbocycles. The molecule has 0 radical (unpaired) electrons. The van der Waals surface area contributed by atoms with Crippen LogP contribution in [0.3, 0.4) is 0 Å². The van der Waals surface area contributed by atoms with Gasteiger partial charge in [0, 0.05) is 18.7 Å². The fraction of sp³-hybridized carbons (Fsp3) is 0.200. The molecule has 1 aliphatic rings. The first-order valence-electron chi connectivity index (χ1n) is 8.99. The number of nitrogens with zero attached hydrogens (tertiary/aromatic N) is 2. The number of primary sulfonamides is 1. The smallest absolute Gasteiger partial charge is 0.272 e. The van der Waals surface area contributed by atoms with E-state index < -0.39 is 10.0 Å². The third-order valence-corrected chi connectivity index (χ3v) is 5.92. The van der Waals surface area contributed by atoms with Crippen LogP contribution in [-0.4, -0.2) is 43.1 Å². The number of nitrogens with one attached hydrogen (secondary N) is 1. The second-order valence-corrected chi connectivity index (χ2v) is 8.35. The molecule has 9 heteroatoms. The number of fused-ring (bicyclic) bond motifs is 1. The number of methoxy groups -OCH3 is 1. The molecule has 150 valence electrons. The van der Waals surface area contributed by atoms with E-state index in [1.165, 1.54) is 24.8 Å². The van der Waals surface area contributed by atoms with Gasteiger partial charge < -0.3 is 9.64 Å². The Labute approximate surface area is 168 Å². The Bertz CT molecular complexity index is 1190. The summed E-state index contributed by atoms with van der Waals surface area (Å²) in [7, 11) is -2.60. The highest BCUT2D eigenvalue weighted by atomic mass is 32.2. The molecular weight excluding hydrogens is 392 g/mol. The van der Waals surface area contributed by atoms with E-state index in [1.54, 1.807) is 17.0 Å². The zero-order valence-electron chi connectivity index (χ0n) is 15.8. The van der Waals surface area contributed by atoms with E-state index in [1.807, 2.05) is 18.2 Å². The minimum atomic E-state index is -3.97. The zero-order valence-corrected chi connectivity index (χ0v) is 16.6. The van der Waals surface area contributed by atoms with Crippen molar-refractivity contribution in [3.63, 3.8) is 0 Å². The predicted octanol–water partition coefficient (Wildman–Crippen LogP) is 1.93.